The Labute approximate surface area is 165 Å². The fraction of sp³-hybridized carbons (Fsp3) is 0.115. The van der Waals surface area contributed by atoms with Crippen LogP contribution in [0.4, 0.5) is 5.69 Å². The van der Waals surface area contributed by atoms with Gasteiger partial charge in [0, 0.05) is 11.6 Å². The predicted molar refractivity (Wildman–Crippen MR) is 114 cm³/mol. The molecule has 0 radical (unpaired) electrons. The molecule has 5 rings (SSSR count). The van der Waals surface area contributed by atoms with Crippen molar-refractivity contribution in [2.45, 2.75) is 18.4 Å². The van der Waals surface area contributed by atoms with Gasteiger partial charge < -0.3 is 5.32 Å². The maximum Gasteiger partial charge on any atom is 0.0991 e. The normalized spacial score (nSPS) is 17.0. The summed E-state index contributed by atoms with van der Waals surface area (Å²) in [5.41, 5.74) is 8.50. The quantitative estimate of drug-likeness (QED) is 0.608. The van der Waals surface area contributed by atoms with E-state index in [0.29, 0.717) is 11.5 Å². The van der Waals surface area contributed by atoms with Gasteiger partial charge in [-0.3, -0.25) is 0 Å². The fourth-order valence-electron chi connectivity index (χ4n) is 4.39. The van der Waals surface area contributed by atoms with E-state index < -0.39 is 0 Å². The smallest absolute Gasteiger partial charge is 0.0991 e. The lowest BCUT2D eigenvalue weighted by Gasteiger charge is -2.32. The summed E-state index contributed by atoms with van der Waals surface area (Å²) in [5.74, 6) is 0.325. The highest BCUT2D eigenvalue weighted by Gasteiger charge is 2.28. The third-order valence-corrected chi connectivity index (χ3v) is 5.68. The highest BCUT2D eigenvalue weighted by Crippen LogP contribution is 2.44. The molecule has 2 aliphatic carbocycles. The molecule has 3 aromatic carbocycles. The van der Waals surface area contributed by atoms with Crippen LogP contribution in [0.1, 0.15) is 34.2 Å². The third-order valence-electron chi connectivity index (χ3n) is 5.68. The molecule has 28 heavy (non-hydrogen) atoms. The van der Waals surface area contributed by atoms with E-state index in [4.69, 9.17) is 5.26 Å². The van der Waals surface area contributed by atoms with Crippen LogP contribution in [-0.4, -0.2) is 0 Å². The molecule has 1 N–H and O–H groups in total. The first-order valence-corrected chi connectivity index (χ1v) is 9.66. The summed E-state index contributed by atoms with van der Waals surface area (Å²) in [7, 11) is 0. The number of anilines is 1. The number of nitriles is 1. The number of rotatable bonds is 3. The minimum atomic E-state index is 0.191. The van der Waals surface area contributed by atoms with Gasteiger partial charge in [-0.2, -0.15) is 5.26 Å². The Hall–Kier alpha value is -3.57. The van der Waals surface area contributed by atoms with E-state index >= 15 is 0 Å². The number of hydrogen-bond acceptors (Lipinski definition) is 2. The van der Waals surface area contributed by atoms with Crippen LogP contribution in [0.2, 0.25) is 0 Å². The van der Waals surface area contributed by atoms with Gasteiger partial charge in [0.2, 0.25) is 0 Å². The fourth-order valence-corrected chi connectivity index (χ4v) is 4.39. The molecule has 134 valence electrons. The van der Waals surface area contributed by atoms with Gasteiger partial charge in [-0.25, -0.2) is 0 Å². The SMILES string of the molecule is N#Cc1ccc(NC2Cc3ccccc3-c3cccc(C4C=CC=C4)c32)cc1. The Morgan fingerprint density at radius 2 is 1.57 bits per heavy atom. The molecule has 2 nitrogen and oxygen atoms in total. The molecular formula is C26H20N2. The molecule has 0 heterocycles. The average Bonchev–Trinajstić information content (AvgIpc) is 3.29. The van der Waals surface area contributed by atoms with E-state index in [1.165, 1.54) is 27.8 Å². The van der Waals surface area contributed by atoms with Crippen LogP contribution in [0.5, 0.6) is 0 Å². The number of benzene rings is 3. The van der Waals surface area contributed by atoms with Crippen molar-refractivity contribution in [2.75, 3.05) is 5.32 Å². The Morgan fingerprint density at radius 1 is 0.821 bits per heavy atom. The van der Waals surface area contributed by atoms with E-state index in [-0.39, 0.29) is 6.04 Å². The standard InChI is InChI=1S/C26H20N2/c27-17-18-12-14-21(15-13-18)28-25-16-20-8-3-4-9-22(20)24-11-5-10-23(26(24)25)19-6-1-2-7-19/h1-15,19,25,28H,16H2. The molecule has 1 unspecified atom stereocenters. The molecular weight excluding hydrogens is 340 g/mol. The van der Waals surface area contributed by atoms with Crippen LogP contribution < -0.4 is 5.32 Å². The summed E-state index contributed by atoms with van der Waals surface area (Å²) in [6, 6.07) is 25.5. The Morgan fingerprint density at radius 3 is 2.36 bits per heavy atom. The van der Waals surface area contributed by atoms with E-state index in [1.54, 1.807) is 0 Å². The Balaban J connectivity index is 1.62. The minimum Gasteiger partial charge on any atom is -0.378 e. The van der Waals surface area contributed by atoms with Crippen molar-refractivity contribution < 1.29 is 0 Å². The lowest BCUT2D eigenvalue weighted by atomic mass is 9.78. The summed E-state index contributed by atoms with van der Waals surface area (Å²) in [5, 5.41) is 12.8. The van der Waals surface area contributed by atoms with Crippen LogP contribution in [0.3, 0.4) is 0 Å². The average molecular weight is 360 g/mol. The first-order chi connectivity index (χ1) is 13.8. The molecule has 0 aromatic heterocycles. The monoisotopic (exact) mass is 360 g/mol. The zero-order valence-electron chi connectivity index (χ0n) is 15.5. The van der Waals surface area contributed by atoms with Gasteiger partial charge in [-0.05, 0) is 58.5 Å². The largest absolute Gasteiger partial charge is 0.378 e. The van der Waals surface area contributed by atoms with Crippen molar-refractivity contribution >= 4 is 5.69 Å². The summed E-state index contributed by atoms with van der Waals surface area (Å²) in [6.45, 7) is 0. The van der Waals surface area contributed by atoms with Crippen molar-refractivity contribution in [2.24, 2.45) is 0 Å². The van der Waals surface area contributed by atoms with Gasteiger partial charge >= 0.3 is 0 Å². The van der Waals surface area contributed by atoms with Crippen LogP contribution in [0.25, 0.3) is 11.1 Å². The van der Waals surface area contributed by atoms with E-state index in [1.807, 2.05) is 24.3 Å². The van der Waals surface area contributed by atoms with E-state index in [9.17, 15) is 0 Å². The second-order valence-corrected chi connectivity index (χ2v) is 7.35. The summed E-state index contributed by atoms with van der Waals surface area (Å²) >= 11 is 0. The molecule has 0 saturated carbocycles. The molecule has 0 spiro atoms. The lowest BCUT2D eigenvalue weighted by molar-refractivity contribution is 0.751. The molecule has 2 aliphatic rings. The van der Waals surface area contributed by atoms with Gasteiger partial charge in [0.05, 0.1) is 17.7 Å². The number of fused-ring (bicyclic) bond motifs is 3. The zero-order chi connectivity index (χ0) is 18.9. The van der Waals surface area contributed by atoms with Crippen molar-refractivity contribution in [3.05, 3.63) is 113 Å². The minimum absolute atomic E-state index is 0.191. The van der Waals surface area contributed by atoms with Crippen LogP contribution in [0, 0.1) is 11.3 Å². The predicted octanol–water partition coefficient (Wildman–Crippen LogP) is 6.14. The van der Waals surface area contributed by atoms with E-state index in [0.717, 1.165) is 12.1 Å². The van der Waals surface area contributed by atoms with Gasteiger partial charge in [0.1, 0.15) is 0 Å². The molecule has 0 bridgehead atoms. The number of nitrogens with one attached hydrogen (secondary N) is 1. The summed E-state index contributed by atoms with van der Waals surface area (Å²) < 4.78 is 0. The second-order valence-electron chi connectivity index (χ2n) is 7.35. The zero-order valence-corrected chi connectivity index (χ0v) is 15.5. The van der Waals surface area contributed by atoms with Gasteiger partial charge in [0.15, 0.2) is 0 Å². The number of nitrogens with zero attached hydrogens (tertiary/aromatic N) is 1. The molecule has 0 amide bonds. The molecule has 3 aromatic rings. The maximum absolute atomic E-state index is 9.06. The summed E-state index contributed by atoms with van der Waals surface area (Å²) in [6.07, 6.45) is 9.72. The second kappa shape index (κ2) is 6.87. The number of allylic oxidation sites excluding steroid dienone is 4. The highest BCUT2D eigenvalue weighted by atomic mass is 14.9. The van der Waals surface area contributed by atoms with Gasteiger partial charge in [-0.1, -0.05) is 66.8 Å². The first-order valence-electron chi connectivity index (χ1n) is 9.66. The Bertz CT molecular complexity index is 1120. The van der Waals surface area contributed by atoms with Gasteiger partial charge in [0.25, 0.3) is 0 Å². The topological polar surface area (TPSA) is 35.8 Å². The maximum atomic E-state index is 9.06. The first kappa shape index (κ1) is 16.6. The third kappa shape index (κ3) is 2.82. The Kier molecular flexibility index (Phi) is 4.07. The molecule has 0 aliphatic heterocycles. The van der Waals surface area contributed by atoms with Crippen molar-refractivity contribution in [3.8, 4) is 17.2 Å². The summed E-state index contributed by atoms with van der Waals surface area (Å²) in [4.78, 5) is 0. The van der Waals surface area contributed by atoms with Crippen molar-refractivity contribution in [1.82, 2.24) is 0 Å². The lowest BCUT2D eigenvalue weighted by Crippen LogP contribution is -2.21. The number of hydrogen-bond donors (Lipinski definition) is 1. The van der Waals surface area contributed by atoms with Crippen LogP contribution >= 0.6 is 0 Å². The molecule has 1 atom stereocenters. The van der Waals surface area contributed by atoms with Crippen LogP contribution in [0.15, 0.2) is 91.0 Å². The van der Waals surface area contributed by atoms with Crippen LogP contribution in [-0.2, 0) is 6.42 Å². The molecule has 0 fully saturated rings. The van der Waals surface area contributed by atoms with Crippen molar-refractivity contribution in [1.29, 1.82) is 5.26 Å². The van der Waals surface area contributed by atoms with Crippen molar-refractivity contribution in [3.63, 3.8) is 0 Å². The highest BCUT2D eigenvalue weighted by molar-refractivity contribution is 5.77. The van der Waals surface area contributed by atoms with Gasteiger partial charge in [-0.15, -0.1) is 0 Å². The molecule has 2 heteroatoms. The van der Waals surface area contributed by atoms with E-state index in [2.05, 4.69) is 78.2 Å². The molecule has 0 saturated heterocycles.